The van der Waals surface area contributed by atoms with E-state index in [0.29, 0.717) is 16.5 Å². The molecule has 1 atom stereocenters. The van der Waals surface area contributed by atoms with Gasteiger partial charge in [0, 0.05) is 6.08 Å². The summed E-state index contributed by atoms with van der Waals surface area (Å²) in [6.07, 6.45) is 3.16. The molecule has 0 bridgehead atoms. The fourth-order valence-electron chi connectivity index (χ4n) is 1.69. The van der Waals surface area contributed by atoms with E-state index in [1.54, 1.807) is 12.1 Å². The molecule has 1 aromatic carbocycles. The van der Waals surface area contributed by atoms with Gasteiger partial charge >= 0.3 is 0 Å². The van der Waals surface area contributed by atoms with Crippen LogP contribution in [0, 0.1) is 0 Å². The maximum absolute atomic E-state index is 11.4. The number of allylic oxidation sites excluding steroid dienone is 1. The van der Waals surface area contributed by atoms with Crippen molar-refractivity contribution in [3.8, 4) is 0 Å². The Bertz CT molecular complexity index is 468. The summed E-state index contributed by atoms with van der Waals surface area (Å²) in [7, 11) is 0. The predicted molar refractivity (Wildman–Crippen MR) is 63.7 cm³/mol. The Morgan fingerprint density at radius 1 is 1.31 bits per heavy atom. The summed E-state index contributed by atoms with van der Waals surface area (Å²) in [6, 6.07) is 5.26. The lowest BCUT2D eigenvalue weighted by molar-refractivity contribution is -0.122. The molecular weight excluding hydrogens is 247 g/mol. The van der Waals surface area contributed by atoms with Crippen LogP contribution in [0.15, 0.2) is 30.5 Å². The van der Waals surface area contributed by atoms with Gasteiger partial charge in [-0.1, -0.05) is 29.3 Å². The molecule has 1 aromatic rings. The molecule has 0 aromatic heterocycles. The van der Waals surface area contributed by atoms with Crippen molar-refractivity contribution >= 4 is 29.0 Å². The van der Waals surface area contributed by atoms with E-state index in [1.165, 1.54) is 12.3 Å². The van der Waals surface area contributed by atoms with Crippen molar-refractivity contribution in [3.63, 3.8) is 0 Å². The first-order chi connectivity index (χ1) is 7.51. The number of carbonyl (C=O) groups is 1. The van der Waals surface area contributed by atoms with E-state index in [9.17, 15) is 4.79 Å². The average molecular weight is 257 g/mol. The second kappa shape index (κ2) is 4.11. The van der Waals surface area contributed by atoms with Crippen LogP contribution >= 0.6 is 23.2 Å². The lowest BCUT2D eigenvalue weighted by atomic mass is 9.89. The third kappa shape index (κ3) is 2.08. The SMILES string of the molecule is CC1(c2ccc(Cl)c(Cl)c2)CC(=O)C=CO1. The fraction of sp³-hybridized carbons (Fsp3) is 0.250. The highest BCUT2D eigenvalue weighted by atomic mass is 35.5. The predicted octanol–water partition coefficient (Wildman–Crippen LogP) is 3.71. The minimum Gasteiger partial charge on any atom is -0.490 e. The molecule has 0 saturated carbocycles. The first-order valence-electron chi connectivity index (χ1n) is 4.84. The van der Waals surface area contributed by atoms with Crippen molar-refractivity contribution < 1.29 is 9.53 Å². The molecule has 1 unspecified atom stereocenters. The Hall–Kier alpha value is -0.990. The Balaban J connectivity index is 2.39. The third-order valence-corrected chi connectivity index (χ3v) is 3.36. The highest BCUT2D eigenvalue weighted by molar-refractivity contribution is 6.42. The van der Waals surface area contributed by atoms with E-state index in [4.69, 9.17) is 27.9 Å². The van der Waals surface area contributed by atoms with E-state index in [2.05, 4.69) is 0 Å². The molecule has 2 nitrogen and oxygen atoms in total. The highest BCUT2D eigenvalue weighted by Crippen LogP contribution is 2.35. The molecule has 0 aliphatic carbocycles. The largest absolute Gasteiger partial charge is 0.490 e. The van der Waals surface area contributed by atoms with Gasteiger partial charge in [-0.05, 0) is 24.6 Å². The van der Waals surface area contributed by atoms with Crippen LogP contribution < -0.4 is 0 Å². The summed E-state index contributed by atoms with van der Waals surface area (Å²) in [6.45, 7) is 1.86. The van der Waals surface area contributed by atoms with Crippen LogP contribution in [0.25, 0.3) is 0 Å². The number of hydrogen-bond acceptors (Lipinski definition) is 2. The number of benzene rings is 1. The topological polar surface area (TPSA) is 26.3 Å². The van der Waals surface area contributed by atoms with E-state index in [1.807, 2.05) is 13.0 Å². The van der Waals surface area contributed by atoms with Gasteiger partial charge in [0.15, 0.2) is 5.78 Å². The standard InChI is InChI=1S/C12H10Cl2O2/c1-12(7-9(15)4-5-16-12)8-2-3-10(13)11(14)6-8/h2-6H,7H2,1H3. The van der Waals surface area contributed by atoms with Crippen molar-refractivity contribution in [2.24, 2.45) is 0 Å². The van der Waals surface area contributed by atoms with Gasteiger partial charge in [0.25, 0.3) is 0 Å². The van der Waals surface area contributed by atoms with E-state index < -0.39 is 5.60 Å². The fourth-order valence-corrected chi connectivity index (χ4v) is 1.99. The normalized spacial score (nSPS) is 24.3. The van der Waals surface area contributed by atoms with E-state index in [-0.39, 0.29) is 5.78 Å². The summed E-state index contributed by atoms with van der Waals surface area (Å²) in [5, 5.41) is 0.956. The molecular formula is C12H10Cl2O2. The van der Waals surface area contributed by atoms with Gasteiger partial charge in [-0.3, -0.25) is 4.79 Å². The summed E-state index contributed by atoms with van der Waals surface area (Å²) >= 11 is 11.8. The number of rotatable bonds is 1. The van der Waals surface area contributed by atoms with Gasteiger partial charge in [0.1, 0.15) is 5.60 Å². The quantitative estimate of drug-likeness (QED) is 0.766. The van der Waals surface area contributed by atoms with Crippen LogP contribution in [-0.4, -0.2) is 5.78 Å². The van der Waals surface area contributed by atoms with Crippen LogP contribution in [0.4, 0.5) is 0 Å². The van der Waals surface area contributed by atoms with Gasteiger partial charge in [0.05, 0.1) is 22.7 Å². The highest BCUT2D eigenvalue weighted by Gasteiger charge is 2.32. The smallest absolute Gasteiger partial charge is 0.163 e. The van der Waals surface area contributed by atoms with Gasteiger partial charge in [-0.2, -0.15) is 0 Å². The van der Waals surface area contributed by atoms with Crippen LogP contribution in [0.1, 0.15) is 18.9 Å². The lowest BCUT2D eigenvalue weighted by Crippen LogP contribution is -2.29. The third-order valence-electron chi connectivity index (χ3n) is 2.62. The van der Waals surface area contributed by atoms with Crippen LogP contribution in [0.3, 0.4) is 0 Å². The second-order valence-electron chi connectivity index (χ2n) is 3.92. The minimum absolute atomic E-state index is 0.0415. The first kappa shape index (κ1) is 11.5. The Morgan fingerprint density at radius 3 is 2.69 bits per heavy atom. The number of ether oxygens (including phenoxy) is 1. The number of halogens is 2. The maximum atomic E-state index is 11.4. The molecule has 0 N–H and O–H groups in total. The van der Waals surface area contributed by atoms with Gasteiger partial charge in [0.2, 0.25) is 0 Å². The molecule has 0 radical (unpaired) electrons. The van der Waals surface area contributed by atoms with Crippen molar-refractivity contribution in [1.82, 2.24) is 0 Å². The Morgan fingerprint density at radius 2 is 2.06 bits per heavy atom. The molecule has 0 spiro atoms. The summed E-state index contributed by atoms with van der Waals surface area (Å²) in [4.78, 5) is 11.4. The molecule has 0 fully saturated rings. The summed E-state index contributed by atoms with van der Waals surface area (Å²) in [5.41, 5.74) is 0.194. The molecule has 0 amide bonds. The molecule has 0 saturated heterocycles. The number of ketones is 1. The molecule has 16 heavy (non-hydrogen) atoms. The maximum Gasteiger partial charge on any atom is 0.163 e. The van der Waals surface area contributed by atoms with E-state index >= 15 is 0 Å². The molecule has 4 heteroatoms. The zero-order chi connectivity index (χ0) is 11.8. The van der Waals surface area contributed by atoms with Crippen LogP contribution in [0.5, 0.6) is 0 Å². The zero-order valence-corrected chi connectivity index (χ0v) is 10.2. The molecule has 1 aliphatic heterocycles. The minimum atomic E-state index is -0.653. The van der Waals surface area contributed by atoms with Crippen molar-refractivity contribution in [2.45, 2.75) is 18.9 Å². The molecule has 2 rings (SSSR count). The average Bonchev–Trinajstić information content (AvgIpc) is 2.21. The number of carbonyl (C=O) groups excluding carboxylic acids is 1. The lowest BCUT2D eigenvalue weighted by Gasteiger charge is -2.31. The van der Waals surface area contributed by atoms with Gasteiger partial charge < -0.3 is 4.74 Å². The van der Waals surface area contributed by atoms with Gasteiger partial charge in [-0.25, -0.2) is 0 Å². The Labute approximate surface area is 104 Å². The summed E-state index contributed by atoms with van der Waals surface area (Å²) < 4.78 is 5.51. The molecule has 84 valence electrons. The first-order valence-corrected chi connectivity index (χ1v) is 5.59. The van der Waals surface area contributed by atoms with Crippen LogP contribution in [0.2, 0.25) is 10.0 Å². The molecule has 1 heterocycles. The summed E-state index contributed by atoms with van der Waals surface area (Å²) in [5.74, 6) is 0.0415. The van der Waals surface area contributed by atoms with E-state index in [0.717, 1.165) is 5.56 Å². The van der Waals surface area contributed by atoms with Crippen molar-refractivity contribution in [3.05, 3.63) is 46.1 Å². The van der Waals surface area contributed by atoms with Crippen molar-refractivity contribution in [1.29, 1.82) is 0 Å². The second-order valence-corrected chi connectivity index (χ2v) is 4.74. The van der Waals surface area contributed by atoms with Gasteiger partial charge in [-0.15, -0.1) is 0 Å². The Kier molecular flexibility index (Phi) is 2.96. The number of hydrogen-bond donors (Lipinski definition) is 0. The zero-order valence-electron chi connectivity index (χ0n) is 8.67. The molecule has 1 aliphatic rings. The monoisotopic (exact) mass is 256 g/mol. The van der Waals surface area contributed by atoms with Crippen LogP contribution in [-0.2, 0) is 15.1 Å². The van der Waals surface area contributed by atoms with Crippen molar-refractivity contribution in [2.75, 3.05) is 0 Å².